The first kappa shape index (κ1) is 15.7. The molecule has 0 radical (unpaired) electrons. The molecule has 1 aliphatic heterocycles. The van der Waals surface area contributed by atoms with Gasteiger partial charge in [0.15, 0.2) is 6.10 Å². The first-order chi connectivity index (χ1) is 10.1. The highest BCUT2D eigenvalue weighted by Crippen LogP contribution is 2.12. The van der Waals surface area contributed by atoms with Crippen molar-refractivity contribution in [2.75, 3.05) is 39.4 Å². The Balaban J connectivity index is 1.68. The van der Waals surface area contributed by atoms with Gasteiger partial charge < -0.3 is 19.7 Å². The number of carbonyl (C=O) groups excluding carboxylic acids is 1. The Bertz CT molecular complexity index is 447. The van der Waals surface area contributed by atoms with Crippen molar-refractivity contribution in [1.82, 2.24) is 5.32 Å². The minimum Gasteiger partial charge on any atom is -0.481 e. The van der Waals surface area contributed by atoms with Gasteiger partial charge in [-0.15, -0.1) is 0 Å². The Morgan fingerprint density at radius 1 is 1.38 bits per heavy atom. The lowest BCUT2D eigenvalue weighted by Gasteiger charge is -2.24. The van der Waals surface area contributed by atoms with Gasteiger partial charge in [-0.1, -0.05) is 0 Å². The predicted octanol–water partition coefficient (Wildman–Crippen LogP) is -0.376. The van der Waals surface area contributed by atoms with E-state index in [2.05, 4.69) is 5.32 Å². The van der Waals surface area contributed by atoms with Crippen molar-refractivity contribution in [3.05, 3.63) is 30.1 Å². The molecular weight excluding hydrogens is 275 g/mol. The number of benzene rings is 1. The topological polar surface area (TPSA) is 52.0 Å². The number of halogens is 1. The molecule has 6 heteroatoms. The smallest absolute Gasteiger partial charge is 0.260 e. The summed E-state index contributed by atoms with van der Waals surface area (Å²) in [7, 11) is 0. The van der Waals surface area contributed by atoms with Gasteiger partial charge in [0, 0.05) is 0 Å². The van der Waals surface area contributed by atoms with Gasteiger partial charge in [-0.2, -0.15) is 0 Å². The molecule has 1 amide bonds. The Labute approximate surface area is 124 Å². The van der Waals surface area contributed by atoms with E-state index in [0.29, 0.717) is 12.3 Å². The molecule has 21 heavy (non-hydrogen) atoms. The first-order valence-electron chi connectivity index (χ1n) is 7.26. The summed E-state index contributed by atoms with van der Waals surface area (Å²) in [5.41, 5.74) is 0. The van der Waals surface area contributed by atoms with Crippen LogP contribution in [0.3, 0.4) is 0 Å². The quantitative estimate of drug-likeness (QED) is 0.753. The maximum Gasteiger partial charge on any atom is 0.260 e. The zero-order valence-electron chi connectivity index (χ0n) is 12.2. The number of carbonyl (C=O) groups is 1. The fourth-order valence-corrected chi connectivity index (χ4v) is 2.19. The van der Waals surface area contributed by atoms with E-state index < -0.39 is 6.10 Å². The van der Waals surface area contributed by atoms with E-state index in [-0.39, 0.29) is 11.7 Å². The molecule has 0 aromatic heterocycles. The lowest BCUT2D eigenvalue weighted by molar-refractivity contribution is -0.906. The second-order valence-corrected chi connectivity index (χ2v) is 5.12. The van der Waals surface area contributed by atoms with E-state index in [1.165, 1.54) is 29.2 Å². The van der Waals surface area contributed by atoms with Gasteiger partial charge in [0.05, 0.1) is 26.3 Å². The Morgan fingerprint density at radius 2 is 2.05 bits per heavy atom. The van der Waals surface area contributed by atoms with Crippen LogP contribution in [-0.4, -0.2) is 51.4 Å². The van der Waals surface area contributed by atoms with E-state index in [1.807, 2.05) is 0 Å². The lowest BCUT2D eigenvalue weighted by Crippen LogP contribution is -3.14. The summed E-state index contributed by atoms with van der Waals surface area (Å²) in [6.07, 6.45) is -0.602. The molecule has 1 unspecified atom stereocenters. The van der Waals surface area contributed by atoms with Crippen LogP contribution in [-0.2, 0) is 9.53 Å². The first-order valence-corrected chi connectivity index (χ1v) is 7.26. The molecular formula is C15H22FN2O3+. The molecule has 1 saturated heterocycles. The second kappa shape index (κ2) is 7.95. The summed E-state index contributed by atoms with van der Waals surface area (Å²) >= 11 is 0. The molecule has 0 aliphatic carbocycles. The standard InChI is InChI=1S/C15H21FN2O3/c1-12(21-14-4-2-13(16)3-5-14)15(19)17-6-7-18-8-10-20-11-9-18/h2-5,12H,6-11H2,1H3,(H,17,19)/p+1. The summed E-state index contributed by atoms with van der Waals surface area (Å²) in [4.78, 5) is 13.4. The molecule has 0 saturated carbocycles. The van der Waals surface area contributed by atoms with Crippen molar-refractivity contribution in [2.45, 2.75) is 13.0 Å². The summed E-state index contributed by atoms with van der Waals surface area (Å²) in [6.45, 7) is 6.72. The van der Waals surface area contributed by atoms with Crippen LogP contribution in [0.5, 0.6) is 5.75 Å². The number of morpholine rings is 1. The number of rotatable bonds is 6. The maximum absolute atomic E-state index is 12.8. The number of hydrogen-bond donors (Lipinski definition) is 2. The molecule has 2 N–H and O–H groups in total. The molecule has 0 bridgehead atoms. The highest BCUT2D eigenvalue weighted by atomic mass is 19.1. The highest BCUT2D eigenvalue weighted by molar-refractivity contribution is 5.80. The van der Waals surface area contributed by atoms with Crippen LogP contribution in [0.15, 0.2) is 24.3 Å². The van der Waals surface area contributed by atoms with Crippen molar-refractivity contribution in [1.29, 1.82) is 0 Å². The number of hydrogen-bond acceptors (Lipinski definition) is 3. The normalized spacial score (nSPS) is 17.2. The molecule has 1 fully saturated rings. The van der Waals surface area contributed by atoms with Crippen LogP contribution in [0.4, 0.5) is 4.39 Å². The third kappa shape index (κ3) is 5.32. The van der Waals surface area contributed by atoms with Crippen molar-refractivity contribution < 1.29 is 23.6 Å². The third-order valence-electron chi connectivity index (χ3n) is 3.47. The zero-order valence-corrected chi connectivity index (χ0v) is 12.2. The van der Waals surface area contributed by atoms with Crippen LogP contribution in [0, 0.1) is 5.82 Å². The zero-order chi connectivity index (χ0) is 15.1. The highest BCUT2D eigenvalue weighted by Gasteiger charge is 2.17. The molecule has 0 spiro atoms. The lowest BCUT2D eigenvalue weighted by atomic mass is 10.3. The Hall–Kier alpha value is -1.66. The third-order valence-corrected chi connectivity index (χ3v) is 3.47. The summed E-state index contributed by atoms with van der Waals surface area (Å²) in [5, 5.41) is 2.86. The average Bonchev–Trinajstić information content (AvgIpc) is 2.50. The molecule has 1 aromatic rings. The summed E-state index contributed by atoms with van der Waals surface area (Å²) in [6, 6.07) is 5.64. The fourth-order valence-electron chi connectivity index (χ4n) is 2.19. The van der Waals surface area contributed by atoms with Crippen LogP contribution in [0.1, 0.15) is 6.92 Å². The summed E-state index contributed by atoms with van der Waals surface area (Å²) in [5.74, 6) is -0.00206. The fraction of sp³-hybridized carbons (Fsp3) is 0.533. The van der Waals surface area contributed by atoms with Gasteiger partial charge in [0.25, 0.3) is 5.91 Å². The van der Waals surface area contributed by atoms with E-state index >= 15 is 0 Å². The number of ether oxygens (including phenoxy) is 2. The van der Waals surface area contributed by atoms with Crippen molar-refractivity contribution >= 4 is 5.91 Å². The predicted molar refractivity (Wildman–Crippen MR) is 75.9 cm³/mol. The van der Waals surface area contributed by atoms with E-state index in [1.54, 1.807) is 6.92 Å². The molecule has 1 heterocycles. The second-order valence-electron chi connectivity index (χ2n) is 5.12. The van der Waals surface area contributed by atoms with Crippen LogP contribution < -0.4 is 15.0 Å². The van der Waals surface area contributed by atoms with Crippen molar-refractivity contribution in [3.63, 3.8) is 0 Å². The molecule has 5 nitrogen and oxygen atoms in total. The van der Waals surface area contributed by atoms with Gasteiger partial charge in [0.1, 0.15) is 24.7 Å². The average molecular weight is 297 g/mol. The van der Waals surface area contributed by atoms with E-state index in [4.69, 9.17) is 9.47 Å². The largest absolute Gasteiger partial charge is 0.481 e. The number of quaternary nitrogens is 1. The Kier molecular flexibility index (Phi) is 5.95. The summed E-state index contributed by atoms with van der Waals surface area (Å²) < 4.78 is 23.5. The van der Waals surface area contributed by atoms with Crippen molar-refractivity contribution in [3.8, 4) is 5.75 Å². The number of nitrogens with one attached hydrogen (secondary N) is 2. The van der Waals surface area contributed by atoms with Gasteiger partial charge in [0.2, 0.25) is 0 Å². The van der Waals surface area contributed by atoms with E-state index in [0.717, 1.165) is 32.8 Å². The van der Waals surface area contributed by atoms with Gasteiger partial charge in [-0.3, -0.25) is 4.79 Å². The molecule has 1 atom stereocenters. The van der Waals surface area contributed by atoms with E-state index in [9.17, 15) is 9.18 Å². The van der Waals surface area contributed by atoms with Gasteiger partial charge in [-0.25, -0.2) is 4.39 Å². The monoisotopic (exact) mass is 297 g/mol. The maximum atomic E-state index is 12.8. The molecule has 2 rings (SSSR count). The van der Waals surface area contributed by atoms with Crippen LogP contribution in [0.25, 0.3) is 0 Å². The van der Waals surface area contributed by atoms with Crippen LogP contribution >= 0.6 is 0 Å². The minimum absolute atomic E-state index is 0.160. The van der Waals surface area contributed by atoms with Crippen LogP contribution in [0.2, 0.25) is 0 Å². The molecule has 1 aromatic carbocycles. The van der Waals surface area contributed by atoms with Crippen molar-refractivity contribution in [2.24, 2.45) is 0 Å². The van der Waals surface area contributed by atoms with Gasteiger partial charge in [-0.05, 0) is 31.2 Å². The SMILES string of the molecule is CC(Oc1ccc(F)cc1)C(=O)NCC[NH+]1CCOCC1. The minimum atomic E-state index is -0.602. The van der Waals surface area contributed by atoms with Gasteiger partial charge >= 0.3 is 0 Å². The number of amides is 1. The molecule has 1 aliphatic rings. The Morgan fingerprint density at radius 3 is 2.71 bits per heavy atom. The molecule has 116 valence electrons.